The first-order chi connectivity index (χ1) is 24.3. The maximum atomic E-state index is 14.8. The van der Waals surface area contributed by atoms with Crippen LogP contribution in [0.4, 0.5) is 20.4 Å². The molecule has 1 aromatic heterocycles. The number of anilines is 2. The molecule has 5 N–H and O–H groups in total. The van der Waals surface area contributed by atoms with E-state index in [1.165, 1.54) is 18.2 Å². The van der Waals surface area contributed by atoms with Crippen molar-refractivity contribution in [1.82, 2.24) is 15.3 Å². The molecule has 3 aromatic carbocycles. The summed E-state index contributed by atoms with van der Waals surface area (Å²) in [4.78, 5) is 24.0. The van der Waals surface area contributed by atoms with Crippen LogP contribution < -0.4 is 16.4 Å². The van der Waals surface area contributed by atoms with E-state index in [4.69, 9.17) is 36.5 Å². The zero-order chi connectivity index (χ0) is 35.3. The summed E-state index contributed by atoms with van der Waals surface area (Å²) in [5.74, 6) is -1.13. The van der Waals surface area contributed by atoms with Gasteiger partial charge in [0, 0.05) is 52.8 Å². The summed E-state index contributed by atoms with van der Waals surface area (Å²) in [5, 5.41) is 16.6. The van der Waals surface area contributed by atoms with Gasteiger partial charge in [0.15, 0.2) is 0 Å². The van der Waals surface area contributed by atoms with Crippen molar-refractivity contribution in [1.29, 1.82) is 0 Å². The Hall–Kier alpha value is -4.79. The number of benzene rings is 3. The van der Waals surface area contributed by atoms with Crippen LogP contribution in [0.5, 0.6) is 0 Å². The molecule has 0 saturated carbocycles. The second-order valence-electron chi connectivity index (χ2n) is 11.1. The highest BCUT2D eigenvalue weighted by Crippen LogP contribution is 2.34. The predicted molar refractivity (Wildman–Crippen MR) is 187 cm³/mol. The van der Waals surface area contributed by atoms with Crippen molar-refractivity contribution >= 4 is 40.9 Å². The van der Waals surface area contributed by atoms with Crippen LogP contribution in [0.15, 0.2) is 78.1 Å². The number of aldehydes is 1. The van der Waals surface area contributed by atoms with Crippen LogP contribution in [-0.4, -0.2) is 79.4 Å². The van der Waals surface area contributed by atoms with Gasteiger partial charge in [-0.25, -0.2) is 18.7 Å². The van der Waals surface area contributed by atoms with Crippen molar-refractivity contribution in [2.75, 3.05) is 51.5 Å². The quantitative estimate of drug-likeness (QED) is 0.0820. The SMILES string of the molecule is N/C(=C\NCCOCC(O)COCCOCCC=O)c1ccc(Nc2ncc3c(n2)-c2ccc(Cl)cc2C(c2c(F)cccc2F)=NC3)cc1. The normalized spacial score (nSPS) is 13.1. The number of aromatic nitrogens is 2. The molecule has 14 heteroatoms. The molecule has 1 aliphatic rings. The summed E-state index contributed by atoms with van der Waals surface area (Å²) in [6.07, 6.45) is 3.70. The number of nitrogens with two attached hydrogens (primary N) is 1. The van der Waals surface area contributed by atoms with Gasteiger partial charge in [0.05, 0.1) is 68.9 Å². The number of carbonyl (C=O) groups excluding carboxylic acids is 1. The number of aliphatic imine (C=N–C) groups is 1. The lowest BCUT2D eigenvalue weighted by atomic mass is 9.95. The van der Waals surface area contributed by atoms with Gasteiger partial charge in [0.2, 0.25) is 5.95 Å². The summed E-state index contributed by atoms with van der Waals surface area (Å²) >= 11 is 6.32. The minimum Gasteiger partial charge on any atom is -0.397 e. The number of halogens is 3. The average molecular weight is 707 g/mol. The van der Waals surface area contributed by atoms with Crippen molar-refractivity contribution in [3.63, 3.8) is 0 Å². The number of nitrogens with zero attached hydrogens (tertiary/aromatic N) is 3. The van der Waals surface area contributed by atoms with Crippen LogP contribution in [0.25, 0.3) is 17.0 Å². The molecule has 0 aliphatic carbocycles. The second-order valence-corrected chi connectivity index (χ2v) is 11.6. The van der Waals surface area contributed by atoms with Crippen LogP contribution in [0.2, 0.25) is 5.02 Å². The van der Waals surface area contributed by atoms with Crippen molar-refractivity contribution in [3.8, 4) is 11.3 Å². The minimum absolute atomic E-state index is 0.115. The molecule has 0 amide bonds. The van der Waals surface area contributed by atoms with Crippen LogP contribution in [0.1, 0.15) is 28.7 Å². The second kappa shape index (κ2) is 18.3. The lowest BCUT2D eigenvalue weighted by molar-refractivity contribution is -0.109. The van der Waals surface area contributed by atoms with E-state index in [0.29, 0.717) is 84.1 Å². The number of hydrogen-bond acceptors (Lipinski definition) is 11. The van der Waals surface area contributed by atoms with Gasteiger partial charge in [0.1, 0.15) is 24.0 Å². The van der Waals surface area contributed by atoms with Crippen molar-refractivity contribution in [2.24, 2.45) is 10.7 Å². The van der Waals surface area contributed by atoms with Crippen molar-refractivity contribution in [2.45, 2.75) is 19.1 Å². The molecule has 0 fully saturated rings. The molecule has 0 spiro atoms. The third-order valence-corrected chi connectivity index (χ3v) is 7.69. The van der Waals surface area contributed by atoms with E-state index in [2.05, 4.69) is 20.6 Å². The monoisotopic (exact) mass is 706 g/mol. The molecule has 2 heterocycles. The molecule has 5 rings (SSSR count). The Bertz CT molecular complexity index is 1810. The van der Waals surface area contributed by atoms with E-state index in [0.717, 1.165) is 11.8 Å². The number of carbonyl (C=O) groups is 1. The molecule has 262 valence electrons. The van der Waals surface area contributed by atoms with Gasteiger partial charge >= 0.3 is 0 Å². The molecule has 1 unspecified atom stereocenters. The van der Waals surface area contributed by atoms with Gasteiger partial charge in [-0.05, 0) is 42.0 Å². The molecule has 4 aromatic rings. The molecular formula is C36H37ClF2N6O5. The van der Waals surface area contributed by atoms with Gasteiger partial charge < -0.3 is 40.5 Å². The van der Waals surface area contributed by atoms with Crippen molar-refractivity contribution < 1.29 is 32.9 Å². The fourth-order valence-corrected chi connectivity index (χ4v) is 5.20. The summed E-state index contributed by atoms with van der Waals surface area (Å²) < 4.78 is 45.7. The first-order valence-electron chi connectivity index (χ1n) is 15.9. The van der Waals surface area contributed by atoms with E-state index >= 15 is 0 Å². The first-order valence-corrected chi connectivity index (χ1v) is 16.3. The number of aliphatic hydroxyl groups is 1. The Kier molecular flexibility index (Phi) is 13.3. The van der Waals surface area contributed by atoms with Gasteiger partial charge in [-0.3, -0.25) is 4.99 Å². The number of aliphatic hydroxyl groups excluding tert-OH is 1. The summed E-state index contributed by atoms with van der Waals surface area (Å²) in [6.45, 7) is 2.23. The Labute approximate surface area is 293 Å². The lowest BCUT2D eigenvalue weighted by Gasteiger charge is -2.13. The minimum atomic E-state index is -0.762. The maximum absolute atomic E-state index is 14.8. The van der Waals surface area contributed by atoms with E-state index in [1.807, 2.05) is 24.3 Å². The Morgan fingerprint density at radius 1 is 0.980 bits per heavy atom. The zero-order valence-electron chi connectivity index (χ0n) is 27.1. The van der Waals surface area contributed by atoms with Crippen LogP contribution in [0.3, 0.4) is 0 Å². The Balaban J connectivity index is 1.14. The molecular weight excluding hydrogens is 670 g/mol. The van der Waals surface area contributed by atoms with Crippen molar-refractivity contribution in [3.05, 3.63) is 112 Å². The van der Waals surface area contributed by atoms with E-state index in [-0.39, 0.29) is 31.0 Å². The van der Waals surface area contributed by atoms with E-state index in [1.54, 1.807) is 30.6 Å². The Morgan fingerprint density at radius 2 is 1.72 bits per heavy atom. The van der Waals surface area contributed by atoms with E-state index < -0.39 is 17.7 Å². The molecule has 1 atom stereocenters. The summed E-state index contributed by atoms with van der Waals surface area (Å²) in [7, 11) is 0. The highest BCUT2D eigenvalue weighted by atomic mass is 35.5. The van der Waals surface area contributed by atoms with Gasteiger partial charge in [-0.15, -0.1) is 0 Å². The van der Waals surface area contributed by atoms with Gasteiger partial charge in [0.25, 0.3) is 0 Å². The Morgan fingerprint density at radius 3 is 2.48 bits per heavy atom. The fraction of sp³-hybridized carbons (Fsp3) is 0.278. The maximum Gasteiger partial charge on any atom is 0.227 e. The lowest BCUT2D eigenvalue weighted by Crippen LogP contribution is -2.25. The smallest absolute Gasteiger partial charge is 0.227 e. The fourth-order valence-electron chi connectivity index (χ4n) is 5.03. The number of ether oxygens (including phenoxy) is 3. The molecule has 50 heavy (non-hydrogen) atoms. The van der Waals surface area contributed by atoms with Crippen LogP contribution >= 0.6 is 11.6 Å². The third kappa shape index (κ3) is 9.89. The zero-order valence-corrected chi connectivity index (χ0v) is 27.8. The van der Waals surface area contributed by atoms with Crippen LogP contribution in [0, 0.1) is 11.6 Å². The number of hydrogen-bond donors (Lipinski definition) is 4. The average Bonchev–Trinajstić information content (AvgIpc) is 3.26. The molecule has 1 aliphatic heterocycles. The molecule has 0 radical (unpaired) electrons. The number of nitrogens with one attached hydrogen (secondary N) is 2. The van der Waals surface area contributed by atoms with Crippen LogP contribution in [-0.2, 0) is 25.5 Å². The largest absolute Gasteiger partial charge is 0.397 e. The highest BCUT2D eigenvalue weighted by molar-refractivity contribution is 6.31. The van der Waals surface area contributed by atoms with Gasteiger partial charge in [-0.2, -0.15) is 0 Å². The summed E-state index contributed by atoms with van der Waals surface area (Å²) in [6, 6.07) is 16.2. The summed E-state index contributed by atoms with van der Waals surface area (Å²) in [5.41, 5.74) is 10.5. The number of rotatable bonds is 18. The standard InChI is InChI=1S/C36H37ClF2N6O5/c37-25-7-10-28-29(17-25)35(33-30(38)3-1-4-31(33)39)42-18-24-19-43-36(45-34(24)28)44-26-8-5-23(6-9-26)32(40)20-41-11-14-49-21-27(47)22-50-16-15-48-13-2-12-46/h1,3-10,12,17,19-20,27,41,47H,2,11,13-16,18,21-22,40H2,(H,43,44,45)/b32-20-. The number of fused-ring (bicyclic) bond motifs is 3. The molecule has 0 saturated heterocycles. The third-order valence-electron chi connectivity index (χ3n) is 7.46. The topological polar surface area (TPSA) is 153 Å². The van der Waals surface area contributed by atoms with Gasteiger partial charge in [-0.1, -0.05) is 35.9 Å². The molecule has 11 nitrogen and oxygen atoms in total. The first kappa shape index (κ1) is 36.5. The van der Waals surface area contributed by atoms with E-state index in [9.17, 15) is 18.7 Å². The molecule has 0 bridgehead atoms. The highest BCUT2D eigenvalue weighted by Gasteiger charge is 2.25. The predicted octanol–water partition coefficient (Wildman–Crippen LogP) is 5.02.